The van der Waals surface area contributed by atoms with Crippen molar-refractivity contribution in [3.8, 4) is 5.75 Å². The van der Waals surface area contributed by atoms with E-state index < -0.39 is 12.0 Å². The fourth-order valence-corrected chi connectivity index (χ4v) is 4.39. The first-order valence-corrected chi connectivity index (χ1v) is 8.99. The number of methoxy groups -OCH3 is 1. The van der Waals surface area contributed by atoms with Crippen molar-refractivity contribution in [3.05, 3.63) is 23.2 Å². The monoisotopic (exact) mass is 366 g/mol. The number of ether oxygens (including phenoxy) is 1. The minimum Gasteiger partial charge on any atom is -0.495 e. The van der Waals surface area contributed by atoms with Gasteiger partial charge in [0.2, 0.25) is 5.91 Å². The van der Waals surface area contributed by atoms with Gasteiger partial charge in [0, 0.05) is 11.7 Å². The Morgan fingerprint density at radius 1 is 1.36 bits per heavy atom. The molecule has 2 fully saturated rings. The fourth-order valence-electron chi connectivity index (χ4n) is 4.13. The molecular weight excluding hydrogens is 344 g/mol. The SMILES string of the molecule is COc1ccc(NC(=O)CN2C(C(=O)O)CC3CCCCC32)cc1Cl. The summed E-state index contributed by atoms with van der Waals surface area (Å²) in [5.41, 5.74) is 0.571. The molecule has 3 atom stereocenters. The average molecular weight is 367 g/mol. The molecule has 1 aliphatic heterocycles. The first-order valence-electron chi connectivity index (χ1n) is 8.61. The van der Waals surface area contributed by atoms with Gasteiger partial charge in [0.15, 0.2) is 0 Å². The van der Waals surface area contributed by atoms with Gasteiger partial charge in [-0.15, -0.1) is 0 Å². The molecule has 1 aromatic rings. The third kappa shape index (κ3) is 3.90. The van der Waals surface area contributed by atoms with Gasteiger partial charge in [-0.05, 0) is 43.4 Å². The molecule has 0 aromatic heterocycles. The van der Waals surface area contributed by atoms with Crippen LogP contribution in [0.25, 0.3) is 0 Å². The van der Waals surface area contributed by atoms with Crippen molar-refractivity contribution >= 4 is 29.2 Å². The number of carboxylic acids is 1. The summed E-state index contributed by atoms with van der Waals surface area (Å²) < 4.78 is 5.09. The lowest BCUT2D eigenvalue weighted by molar-refractivity contribution is -0.143. The van der Waals surface area contributed by atoms with E-state index in [0.29, 0.717) is 28.8 Å². The second-order valence-corrected chi connectivity index (χ2v) is 7.18. The van der Waals surface area contributed by atoms with E-state index in [9.17, 15) is 14.7 Å². The number of nitrogens with zero attached hydrogens (tertiary/aromatic N) is 1. The predicted molar refractivity (Wildman–Crippen MR) is 95.1 cm³/mol. The van der Waals surface area contributed by atoms with Gasteiger partial charge in [-0.1, -0.05) is 24.4 Å². The molecular formula is C18H23ClN2O4. The Morgan fingerprint density at radius 3 is 2.80 bits per heavy atom. The van der Waals surface area contributed by atoms with Crippen LogP contribution in [-0.2, 0) is 9.59 Å². The number of amides is 1. The van der Waals surface area contributed by atoms with Crippen LogP contribution in [-0.4, -0.2) is 47.6 Å². The molecule has 0 spiro atoms. The van der Waals surface area contributed by atoms with E-state index in [-0.39, 0.29) is 18.5 Å². The third-order valence-electron chi connectivity index (χ3n) is 5.27. The van der Waals surface area contributed by atoms with Crippen LogP contribution in [0.5, 0.6) is 5.75 Å². The quantitative estimate of drug-likeness (QED) is 0.837. The number of hydrogen-bond donors (Lipinski definition) is 2. The molecule has 1 heterocycles. The van der Waals surface area contributed by atoms with Crippen molar-refractivity contribution < 1.29 is 19.4 Å². The van der Waals surface area contributed by atoms with Crippen LogP contribution in [0.15, 0.2) is 18.2 Å². The van der Waals surface area contributed by atoms with Crippen molar-refractivity contribution in [2.45, 2.75) is 44.2 Å². The summed E-state index contributed by atoms with van der Waals surface area (Å²) in [6.07, 6.45) is 4.91. The number of carbonyl (C=O) groups is 2. The van der Waals surface area contributed by atoms with Gasteiger partial charge < -0.3 is 15.2 Å². The molecule has 1 saturated carbocycles. The van der Waals surface area contributed by atoms with Crippen LogP contribution in [0.3, 0.4) is 0 Å². The molecule has 3 unspecified atom stereocenters. The number of nitrogens with one attached hydrogen (secondary N) is 1. The maximum atomic E-state index is 12.5. The summed E-state index contributed by atoms with van der Waals surface area (Å²) >= 11 is 6.07. The molecule has 136 valence electrons. The van der Waals surface area contributed by atoms with Crippen LogP contribution in [0.1, 0.15) is 32.1 Å². The lowest BCUT2D eigenvalue weighted by atomic mass is 9.85. The molecule has 25 heavy (non-hydrogen) atoms. The number of fused-ring (bicyclic) bond motifs is 1. The Morgan fingerprint density at radius 2 is 2.12 bits per heavy atom. The molecule has 1 saturated heterocycles. The highest BCUT2D eigenvalue weighted by atomic mass is 35.5. The molecule has 2 aliphatic rings. The second kappa shape index (κ2) is 7.62. The Hall–Kier alpha value is -1.79. The van der Waals surface area contributed by atoms with Gasteiger partial charge in [0.05, 0.1) is 18.7 Å². The molecule has 3 rings (SSSR count). The maximum Gasteiger partial charge on any atom is 0.320 e. The smallest absolute Gasteiger partial charge is 0.320 e. The van der Waals surface area contributed by atoms with E-state index in [1.807, 2.05) is 4.90 Å². The van der Waals surface area contributed by atoms with Crippen molar-refractivity contribution in [3.63, 3.8) is 0 Å². The highest BCUT2D eigenvalue weighted by molar-refractivity contribution is 6.32. The molecule has 1 amide bonds. The Kier molecular flexibility index (Phi) is 5.49. The highest BCUT2D eigenvalue weighted by Crippen LogP contribution is 2.39. The van der Waals surface area contributed by atoms with Crippen LogP contribution in [0, 0.1) is 5.92 Å². The number of aliphatic carboxylic acids is 1. The number of likely N-dealkylation sites (tertiary alicyclic amines) is 1. The molecule has 7 heteroatoms. The Balaban J connectivity index is 1.68. The topological polar surface area (TPSA) is 78.9 Å². The van der Waals surface area contributed by atoms with Gasteiger partial charge in [0.25, 0.3) is 0 Å². The van der Waals surface area contributed by atoms with Gasteiger partial charge >= 0.3 is 5.97 Å². The zero-order valence-corrected chi connectivity index (χ0v) is 15.0. The fraction of sp³-hybridized carbons (Fsp3) is 0.556. The van der Waals surface area contributed by atoms with Crippen LogP contribution in [0.4, 0.5) is 5.69 Å². The number of halogens is 1. The summed E-state index contributed by atoms with van der Waals surface area (Å²) in [4.78, 5) is 25.9. The van der Waals surface area contributed by atoms with E-state index in [2.05, 4.69) is 5.32 Å². The highest BCUT2D eigenvalue weighted by Gasteiger charge is 2.45. The van der Waals surface area contributed by atoms with Crippen LogP contribution in [0.2, 0.25) is 5.02 Å². The minimum absolute atomic E-state index is 0.0851. The van der Waals surface area contributed by atoms with Crippen LogP contribution >= 0.6 is 11.6 Å². The summed E-state index contributed by atoms with van der Waals surface area (Å²) in [6.45, 7) is 0.0851. The van der Waals surface area contributed by atoms with Crippen molar-refractivity contribution in [1.29, 1.82) is 0 Å². The van der Waals surface area contributed by atoms with Gasteiger partial charge in [-0.25, -0.2) is 0 Å². The summed E-state index contributed by atoms with van der Waals surface area (Å²) in [5, 5.41) is 12.7. The standard InChI is InChI=1S/C18H23ClN2O4/c1-25-16-7-6-12(9-13(16)19)20-17(22)10-21-14-5-3-2-4-11(14)8-15(21)18(23)24/h6-7,9,11,14-15H,2-5,8,10H2,1H3,(H,20,22)(H,23,24). The van der Waals surface area contributed by atoms with Gasteiger partial charge in [-0.2, -0.15) is 0 Å². The van der Waals surface area contributed by atoms with Crippen LogP contribution < -0.4 is 10.1 Å². The first kappa shape index (κ1) is 18.0. The number of rotatable bonds is 5. The van der Waals surface area contributed by atoms with Gasteiger partial charge in [0.1, 0.15) is 11.8 Å². The number of anilines is 1. The molecule has 0 bridgehead atoms. The second-order valence-electron chi connectivity index (χ2n) is 6.77. The number of benzene rings is 1. The Bertz CT molecular complexity index is 666. The zero-order chi connectivity index (χ0) is 18.0. The van der Waals surface area contributed by atoms with E-state index >= 15 is 0 Å². The zero-order valence-electron chi connectivity index (χ0n) is 14.2. The lowest BCUT2D eigenvalue weighted by Gasteiger charge is -2.32. The van der Waals surface area contributed by atoms with E-state index in [0.717, 1.165) is 25.7 Å². The van der Waals surface area contributed by atoms with Crippen molar-refractivity contribution in [2.24, 2.45) is 5.92 Å². The number of carboxylic acid groups (broad SMARTS) is 1. The maximum absolute atomic E-state index is 12.5. The molecule has 6 nitrogen and oxygen atoms in total. The Labute approximate surface area is 152 Å². The molecule has 0 radical (unpaired) electrons. The van der Waals surface area contributed by atoms with Gasteiger partial charge in [-0.3, -0.25) is 14.5 Å². The first-order chi connectivity index (χ1) is 12.0. The number of carbonyl (C=O) groups excluding carboxylic acids is 1. The van der Waals surface area contributed by atoms with E-state index in [1.54, 1.807) is 18.2 Å². The van der Waals surface area contributed by atoms with Crippen molar-refractivity contribution in [2.75, 3.05) is 19.0 Å². The lowest BCUT2D eigenvalue weighted by Crippen LogP contribution is -2.46. The molecule has 1 aliphatic carbocycles. The van der Waals surface area contributed by atoms with Crippen molar-refractivity contribution in [1.82, 2.24) is 4.90 Å². The third-order valence-corrected chi connectivity index (χ3v) is 5.56. The summed E-state index contributed by atoms with van der Waals surface area (Å²) in [5.74, 6) is -0.137. The largest absolute Gasteiger partial charge is 0.495 e. The molecule has 2 N–H and O–H groups in total. The molecule has 1 aromatic carbocycles. The normalized spacial score (nSPS) is 26.1. The van der Waals surface area contributed by atoms with E-state index in [4.69, 9.17) is 16.3 Å². The minimum atomic E-state index is -0.838. The summed E-state index contributed by atoms with van der Waals surface area (Å²) in [7, 11) is 1.53. The average Bonchev–Trinajstić information content (AvgIpc) is 2.94. The number of hydrogen-bond acceptors (Lipinski definition) is 4. The van der Waals surface area contributed by atoms with E-state index in [1.165, 1.54) is 7.11 Å². The predicted octanol–water partition coefficient (Wildman–Crippen LogP) is 3.00. The summed E-state index contributed by atoms with van der Waals surface area (Å²) in [6, 6.07) is 4.65.